The molecule has 1 unspecified atom stereocenters. The second-order valence-corrected chi connectivity index (χ2v) is 6.08. The average Bonchev–Trinajstić information content (AvgIpc) is 2.33. The molecule has 7 nitrogen and oxygen atoms in total. The number of halogens is 1. The largest absolute Gasteiger partial charge is 0.425 e. The van der Waals surface area contributed by atoms with Crippen LogP contribution in [0.15, 0.2) is 30.3 Å². The smallest absolute Gasteiger partial charge is 0.409 e. The van der Waals surface area contributed by atoms with Crippen molar-refractivity contribution in [1.29, 1.82) is 0 Å². The van der Waals surface area contributed by atoms with E-state index in [2.05, 4.69) is 5.32 Å². The van der Waals surface area contributed by atoms with Crippen LogP contribution in [0.5, 0.6) is 0 Å². The highest BCUT2D eigenvalue weighted by atomic mass is 35.5. The minimum absolute atomic E-state index is 0.00617. The fourth-order valence-electron chi connectivity index (χ4n) is 1.68. The van der Waals surface area contributed by atoms with Crippen LogP contribution in [0.4, 0.5) is 4.79 Å². The Morgan fingerprint density at radius 2 is 2.00 bits per heavy atom. The third-order valence-electron chi connectivity index (χ3n) is 2.77. The predicted octanol–water partition coefficient (Wildman–Crippen LogP) is 1.14. The standard InChI is InChI=1S/C11H13ClN2O5S/c12-10(8-4-2-1-3-5-8)19-11(15)13-9-6-14(7-9)20(16,17)18/h1-5,9-10H,6-7H2,(H,13,15)(H,16,17,18). The van der Waals surface area contributed by atoms with Crippen LogP contribution in [0, 0.1) is 0 Å². The SMILES string of the molecule is O=C(NC1CN(S(=O)(=O)O)C1)OC(Cl)c1ccccc1. The molecule has 110 valence electrons. The molecule has 1 aromatic carbocycles. The predicted molar refractivity (Wildman–Crippen MR) is 71.6 cm³/mol. The maximum absolute atomic E-state index is 11.5. The van der Waals surface area contributed by atoms with Crippen LogP contribution in [0.1, 0.15) is 11.1 Å². The van der Waals surface area contributed by atoms with Gasteiger partial charge in [0, 0.05) is 18.7 Å². The molecule has 1 amide bonds. The molecule has 0 bridgehead atoms. The van der Waals surface area contributed by atoms with Crippen molar-refractivity contribution in [2.24, 2.45) is 0 Å². The number of carbonyl (C=O) groups excluding carboxylic acids is 1. The monoisotopic (exact) mass is 320 g/mol. The lowest BCUT2D eigenvalue weighted by Crippen LogP contribution is -2.60. The Kier molecular flexibility index (Phi) is 4.48. The van der Waals surface area contributed by atoms with Crippen molar-refractivity contribution < 1.29 is 22.5 Å². The maximum atomic E-state index is 11.5. The first-order valence-electron chi connectivity index (χ1n) is 5.75. The Morgan fingerprint density at radius 3 is 2.55 bits per heavy atom. The Morgan fingerprint density at radius 1 is 1.40 bits per heavy atom. The number of ether oxygens (including phenoxy) is 1. The minimum Gasteiger partial charge on any atom is -0.425 e. The third kappa shape index (κ3) is 3.83. The number of alkyl halides is 1. The molecule has 1 atom stereocenters. The molecule has 1 heterocycles. The van der Waals surface area contributed by atoms with Gasteiger partial charge < -0.3 is 10.1 Å². The molecule has 20 heavy (non-hydrogen) atoms. The van der Waals surface area contributed by atoms with E-state index in [1.807, 2.05) is 6.07 Å². The van der Waals surface area contributed by atoms with E-state index in [-0.39, 0.29) is 13.1 Å². The van der Waals surface area contributed by atoms with Gasteiger partial charge in [-0.3, -0.25) is 4.55 Å². The van der Waals surface area contributed by atoms with Crippen molar-refractivity contribution in [1.82, 2.24) is 9.62 Å². The summed E-state index contributed by atoms with van der Waals surface area (Å²) in [6.07, 6.45) is -0.742. The fraction of sp³-hybridized carbons (Fsp3) is 0.364. The summed E-state index contributed by atoms with van der Waals surface area (Å²) in [7, 11) is -4.19. The molecule has 0 saturated carbocycles. The lowest BCUT2D eigenvalue weighted by Gasteiger charge is -2.36. The molecule has 1 aliphatic heterocycles. The van der Waals surface area contributed by atoms with Crippen LogP contribution >= 0.6 is 11.6 Å². The van der Waals surface area contributed by atoms with Crippen LogP contribution in [0.2, 0.25) is 0 Å². The lowest BCUT2D eigenvalue weighted by molar-refractivity contribution is 0.116. The molecule has 1 saturated heterocycles. The van der Waals surface area contributed by atoms with Crippen LogP contribution in [-0.2, 0) is 15.0 Å². The summed E-state index contributed by atoms with van der Waals surface area (Å²) in [6, 6.07) is 8.38. The highest BCUT2D eigenvalue weighted by Crippen LogP contribution is 2.21. The van der Waals surface area contributed by atoms with Crippen LogP contribution in [-0.4, -0.2) is 42.5 Å². The van der Waals surface area contributed by atoms with Crippen molar-refractivity contribution >= 4 is 28.0 Å². The van der Waals surface area contributed by atoms with Crippen molar-refractivity contribution in [3.63, 3.8) is 0 Å². The first-order chi connectivity index (χ1) is 9.36. The molecular weight excluding hydrogens is 308 g/mol. The van der Waals surface area contributed by atoms with E-state index in [4.69, 9.17) is 20.9 Å². The van der Waals surface area contributed by atoms with E-state index < -0.39 is 28.0 Å². The Hall–Kier alpha value is -1.35. The quantitative estimate of drug-likeness (QED) is 0.640. The molecule has 0 aliphatic carbocycles. The van der Waals surface area contributed by atoms with Gasteiger partial charge >= 0.3 is 16.4 Å². The molecule has 1 fully saturated rings. The van der Waals surface area contributed by atoms with Gasteiger partial charge in [-0.15, -0.1) is 0 Å². The van der Waals surface area contributed by atoms with E-state index in [1.165, 1.54) is 0 Å². The number of hydrogen-bond acceptors (Lipinski definition) is 4. The number of hydrogen-bond donors (Lipinski definition) is 2. The molecule has 0 aromatic heterocycles. The van der Waals surface area contributed by atoms with E-state index >= 15 is 0 Å². The first-order valence-corrected chi connectivity index (χ1v) is 7.58. The zero-order valence-electron chi connectivity index (χ0n) is 10.3. The summed E-state index contributed by atoms with van der Waals surface area (Å²) < 4.78 is 35.9. The number of nitrogens with one attached hydrogen (secondary N) is 1. The van der Waals surface area contributed by atoms with E-state index in [9.17, 15) is 13.2 Å². The van der Waals surface area contributed by atoms with Crippen molar-refractivity contribution in [3.8, 4) is 0 Å². The number of rotatable bonds is 4. The summed E-state index contributed by atoms with van der Waals surface area (Å²) in [6.45, 7) is 0.0123. The summed E-state index contributed by atoms with van der Waals surface area (Å²) in [5, 5.41) is 2.46. The zero-order valence-corrected chi connectivity index (χ0v) is 11.8. The molecule has 1 aromatic rings. The molecule has 0 radical (unpaired) electrons. The van der Waals surface area contributed by atoms with Crippen LogP contribution in [0.25, 0.3) is 0 Å². The fourth-order valence-corrected chi connectivity index (χ4v) is 2.65. The number of benzene rings is 1. The molecular formula is C11H13ClN2O5S. The van der Waals surface area contributed by atoms with Crippen LogP contribution < -0.4 is 5.32 Å². The molecule has 1 aliphatic rings. The van der Waals surface area contributed by atoms with Crippen molar-refractivity contribution in [2.75, 3.05) is 13.1 Å². The second-order valence-electron chi connectivity index (χ2n) is 4.27. The van der Waals surface area contributed by atoms with Gasteiger partial charge in [-0.05, 0) is 0 Å². The van der Waals surface area contributed by atoms with E-state index in [0.717, 1.165) is 4.31 Å². The highest BCUT2D eigenvalue weighted by Gasteiger charge is 2.36. The van der Waals surface area contributed by atoms with Gasteiger partial charge in [0.1, 0.15) is 0 Å². The van der Waals surface area contributed by atoms with Gasteiger partial charge in [-0.1, -0.05) is 41.9 Å². The molecule has 0 spiro atoms. The topological polar surface area (TPSA) is 95.9 Å². The van der Waals surface area contributed by atoms with Gasteiger partial charge in [0.05, 0.1) is 6.04 Å². The molecule has 9 heteroatoms. The second kappa shape index (κ2) is 5.96. The number of nitrogens with zero attached hydrogens (tertiary/aromatic N) is 1. The lowest BCUT2D eigenvalue weighted by atomic mass is 10.2. The van der Waals surface area contributed by atoms with E-state index in [1.54, 1.807) is 24.3 Å². The first kappa shape index (κ1) is 15.0. The van der Waals surface area contributed by atoms with Gasteiger partial charge in [0.2, 0.25) is 5.56 Å². The summed E-state index contributed by atoms with van der Waals surface area (Å²) >= 11 is 5.92. The maximum Gasteiger partial charge on any atom is 0.409 e. The van der Waals surface area contributed by atoms with E-state index in [0.29, 0.717) is 5.56 Å². The van der Waals surface area contributed by atoms with Gasteiger partial charge in [-0.25, -0.2) is 4.79 Å². The number of amides is 1. The summed E-state index contributed by atoms with van der Waals surface area (Å²) in [5.74, 6) is 0. The van der Waals surface area contributed by atoms with Crippen LogP contribution in [0.3, 0.4) is 0 Å². The zero-order chi connectivity index (χ0) is 14.8. The Balaban J connectivity index is 1.77. The van der Waals surface area contributed by atoms with Gasteiger partial charge in [0.25, 0.3) is 0 Å². The summed E-state index contributed by atoms with van der Waals surface area (Å²) in [4.78, 5) is 11.5. The number of alkyl carbamates (subject to hydrolysis) is 1. The molecule has 2 N–H and O–H groups in total. The Bertz CT molecular complexity index is 574. The van der Waals surface area contributed by atoms with Crippen molar-refractivity contribution in [3.05, 3.63) is 35.9 Å². The highest BCUT2D eigenvalue weighted by molar-refractivity contribution is 7.83. The molecule has 2 rings (SSSR count). The summed E-state index contributed by atoms with van der Waals surface area (Å²) in [5.41, 5.74) is -0.286. The Labute approximate surface area is 121 Å². The van der Waals surface area contributed by atoms with Crippen molar-refractivity contribution in [2.45, 2.75) is 11.6 Å². The van der Waals surface area contributed by atoms with Gasteiger partial charge in [0.15, 0.2) is 0 Å². The third-order valence-corrected chi connectivity index (χ3v) is 4.06. The normalized spacial score (nSPS) is 18.1. The number of carbonyl (C=O) groups is 1. The average molecular weight is 321 g/mol. The van der Waals surface area contributed by atoms with Gasteiger partial charge in [-0.2, -0.15) is 12.7 Å². The minimum atomic E-state index is -4.19.